The molecule has 0 aliphatic rings. The van der Waals surface area contributed by atoms with Crippen LogP contribution in [0.5, 0.6) is 11.5 Å². The van der Waals surface area contributed by atoms with E-state index in [-0.39, 0.29) is 11.8 Å². The third-order valence-corrected chi connectivity index (χ3v) is 3.66. The number of hydrogen-bond acceptors (Lipinski definition) is 4. The van der Waals surface area contributed by atoms with Gasteiger partial charge in [-0.05, 0) is 18.6 Å². The lowest BCUT2D eigenvalue weighted by Gasteiger charge is -2.16. The zero-order valence-corrected chi connectivity index (χ0v) is 14.9. The molecule has 0 fully saturated rings. The summed E-state index contributed by atoms with van der Waals surface area (Å²) in [6, 6.07) is 12.1. The van der Waals surface area contributed by atoms with Crippen LogP contribution in [0.2, 0.25) is 0 Å². The van der Waals surface area contributed by atoms with Crippen molar-refractivity contribution in [1.82, 2.24) is 0 Å². The van der Waals surface area contributed by atoms with E-state index in [2.05, 4.69) is 17.2 Å². The smallest absolute Gasteiger partial charge is 0.255 e. The lowest BCUT2D eigenvalue weighted by molar-refractivity contribution is -0.116. The number of allylic oxidation sites excluding steroid dienone is 1. The van der Waals surface area contributed by atoms with E-state index in [0.29, 0.717) is 41.3 Å². The van der Waals surface area contributed by atoms with Crippen molar-refractivity contribution in [1.29, 1.82) is 0 Å². The lowest BCUT2D eigenvalue weighted by atomic mass is 10.2. The summed E-state index contributed by atoms with van der Waals surface area (Å²) in [6.07, 6.45) is 2.58. The van der Waals surface area contributed by atoms with Crippen LogP contribution < -0.4 is 20.1 Å². The van der Waals surface area contributed by atoms with Crippen LogP contribution in [0.3, 0.4) is 0 Å². The van der Waals surface area contributed by atoms with Crippen LogP contribution in [0, 0.1) is 0 Å². The largest absolute Gasteiger partial charge is 0.494 e. The molecule has 6 nitrogen and oxygen atoms in total. The highest BCUT2D eigenvalue weighted by Gasteiger charge is 2.16. The fourth-order valence-corrected chi connectivity index (χ4v) is 2.32. The van der Waals surface area contributed by atoms with Gasteiger partial charge in [-0.2, -0.15) is 0 Å². The average molecular weight is 354 g/mol. The maximum absolute atomic E-state index is 12.4. The molecular formula is C20H22N2O4. The zero-order valence-electron chi connectivity index (χ0n) is 14.9. The third kappa shape index (κ3) is 4.86. The molecule has 2 N–H and O–H groups in total. The van der Waals surface area contributed by atoms with Gasteiger partial charge in [-0.1, -0.05) is 24.3 Å². The number of carbonyl (C=O) groups is 2. The lowest BCUT2D eigenvalue weighted by Crippen LogP contribution is -2.14. The first-order valence-corrected chi connectivity index (χ1v) is 8.12. The number of carbonyl (C=O) groups excluding carboxylic acids is 2. The minimum absolute atomic E-state index is 0.161. The Kier molecular flexibility index (Phi) is 6.79. The molecule has 6 heteroatoms. The molecule has 0 saturated carbocycles. The van der Waals surface area contributed by atoms with Gasteiger partial charge in [-0.15, -0.1) is 6.58 Å². The number of ether oxygens (including phenoxy) is 2. The average Bonchev–Trinajstić information content (AvgIpc) is 2.67. The van der Waals surface area contributed by atoms with Crippen molar-refractivity contribution in [2.75, 3.05) is 24.9 Å². The highest BCUT2D eigenvalue weighted by atomic mass is 16.5. The summed E-state index contributed by atoms with van der Waals surface area (Å²) in [5.74, 6) is 0.398. The van der Waals surface area contributed by atoms with Crippen molar-refractivity contribution in [3.8, 4) is 11.5 Å². The molecule has 0 saturated heterocycles. The van der Waals surface area contributed by atoms with E-state index < -0.39 is 0 Å². The van der Waals surface area contributed by atoms with Crippen LogP contribution in [0.15, 0.2) is 55.1 Å². The van der Waals surface area contributed by atoms with Gasteiger partial charge in [0.25, 0.3) is 5.91 Å². The molecule has 0 aromatic heterocycles. The fraction of sp³-hybridized carbons (Fsp3) is 0.200. The Morgan fingerprint density at radius 1 is 1.00 bits per heavy atom. The second-order valence-corrected chi connectivity index (χ2v) is 5.45. The molecule has 0 atom stereocenters. The predicted molar refractivity (Wildman–Crippen MR) is 102 cm³/mol. The number of hydrogen-bond donors (Lipinski definition) is 2. The van der Waals surface area contributed by atoms with Gasteiger partial charge < -0.3 is 20.1 Å². The van der Waals surface area contributed by atoms with Gasteiger partial charge in [0.15, 0.2) is 0 Å². The Bertz CT molecular complexity index is 788. The van der Waals surface area contributed by atoms with E-state index in [1.807, 2.05) is 6.07 Å². The molecule has 0 aliphatic carbocycles. The second kappa shape index (κ2) is 9.27. The van der Waals surface area contributed by atoms with Crippen LogP contribution in [-0.4, -0.2) is 26.0 Å². The summed E-state index contributed by atoms with van der Waals surface area (Å²) in [5.41, 5.74) is 1.44. The van der Waals surface area contributed by atoms with Crippen molar-refractivity contribution >= 4 is 23.2 Å². The number of methoxy groups -OCH3 is 2. The molecular weight excluding hydrogens is 332 g/mol. The molecule has 2 amide bonds. The monoisotopic (exact) mass is 354 g/mol. The first-order valence-electron chi connectivity index (χ1n) is 8.12. The van der Waals surface area contributed by atoms with E-state index in [1.54, 1.807) is 42.5 Å². The molecule has 136 valence electrons. The molecule has 2 aromatic rings. The van der Waals surface area contributed by atoms with Crippen molar-refractivity contribution in [2.24, 2.45) is 0 Å². The zero-order chi connectivity index (χ0) is 18.9. The molecule has 2 aromatic carbocycles. The number of rotatable bonds is 8. The number of benzene rings is 2. The van der Waals surface area contributed by atoms with E-state index in [0.717, 1.165) is 0 Å². The second-order valence-electron chi connectivity index (χ2n) is 5.45. The van der Waals surface area contributed by atoms with Gasteiger partial charge in [0.2, 0.25) is 5.91 Å². The Hall–Kier alpha value is -3.28. The van der Waals surface area contributed by atoms with Crippen molar-refractivity contribution in [2.45, 2.75) is 12.8 Å². The first-order chi connectivity index (χ1) is 12.6. The third-order valence-electron chi connectivity index (χ3n) is 3.66. The molecule has 26 heavy (non-hydrogen) atoms. The van der Waals surface area contributed by atoms with E-state index >= 15 is 0 Å². The number of anilines is 2. The standard InChI is InChI=1S/C20H22N2O4/c1-4-5-11-19(23)21-15-12-18(26-3)16(13-17(15)25-2)22-20(24)14-9-7-6-8-10-14/h4,6-10,12-13H,1,5,11H2,2-3H3,(H,21,23)(H,22,24). The first kappa shape index (κ1) is 19.1. The summed E-state index contributed by atoms with van der Waals surface area (Å²) in [7, 11) is 2.98. The maximum Gasteiger partial charge on any atom is 0.255 e. The molecule has 0 bridgehead atoms. The Labute approximate surface area is 152 Å². The Morgan fingerprint density at radius 2 is 1.58 bits per heavy atom. The number of nitrogens with one attached hydrogen (secondary N) is 2. The highest BCUT2D eigenvalue weighted by Crippen LogP contribution is 2.36. The summed E-state index contributed by atoms with van der Waals surface area (Å²) in [4.78, 5) is 24.3. The van der Waals surface area contributed by atoms with Gasteiger partial charge >= 0.3 is 0 Å². The molecule has 0 heterocycles. The summed E-state index contributed by atoms with van der Waals surface area (Å²) in [6.45, 7) is 3.60. The summed E-state index contributed by atoms with van der Waals surface area (Å²) >= 11 is 0. The van der Waals surface area contributed by atoms with Gasteiger partial charge in [0.1, 0.15) is 11.5 Å². The Morgan fingerprint density at radius 3 is 2.12 bits per heavy atom. The topological polar surface area (TPSA) is 76.7 Å². The normalized spacial score (nSPS) is 9.92. The minimum Gasteiger partial charge on any atom is -0.494 e. The van der Waals surface area contributed by atoms with Crippen molar-refractivity contribution < 1.29 is 19.1 Å². The van der Waals surface area contributed by atoms with Gasteiger partial charge in [-0.25, -0.2) is 0 Å². The summed E-state index contributed by atoms with van der Waals surface area (Å²) < 4.78 is 10.7. The van der Waals surface area contributed by atoms with Gasteiger partial charge in [-0.3, -0.25) is 9.59 Å². The van der Waals surface area contributed by atoms with Gasteiger partial charge in [0, 0.05) is 24.1 Å². The quantitative estimate of drug-likeness (QED) is 0.706. The molecule has 2 rings (SSSR count). The highest BCUT2D eigenvalue weighted by molar-refractivity contribution is 6.05. The Balaban J connectivity index is 2.26. The van der Waals surface area contributed by atoms with Crippen molar-refractivity contribution in [3.05, 3.63) is 60.7 Å². The molecule has 0 spiro atoms. The van der Waals surface area contributed by atoms with Crippen LogP contribution in [0.4, 0.5) is 11.4 Å². The van der Waals surface area contributed by atoms with Gasteiger partial charge in [0.05, 0.1) is 25.6 Å². The SMILES string of the molecule is C=CCCC(=O)Nc1cc(OC)c(NC(=O)c2ccccc2)cc1OC. The van der Waals surface area contributed by atoms with Crippen LogP contribution >= 0.6 is 0 Å². The fourth-order valence-electron chi connectivity index (χ4n) is 2.32. The molecule has 0 radical (unpaired) electrons. The number of amides is 2. The summed E-state index contributed by atoms with van der Waals surface area (Å²) in [5, 5.41) is 5.58. The van der Waals surface area contributed by atoms with E-state index in [9.17, 15) is 9.59 Å². The predicted octanol–water partition coefficient (Wildman–Crippen LogP) is 3.86. The van der Waals surface area contributed by atoms with Crippen LogP contribution in [-0.2, 0) is 4.79 Å². The minimum atomic E-state index is -0.270. The maximum atomic E-state index is 12.4. The van der Waals surface area contributed by atoms with E-state index in [1.165, 1.54) is 14.2 Å². The van der Waals surface area contributed by atoms with E-state index in [4.69, 9.17) is 9.47 Å². The van der Waals surface area contributed by atoms with Crippen molar-refractivity contribution in [3.63, 3.8) is 0 Å². The van der Waals surface area contributed by atoms with Crippen LogP contribution in [0.1, 0.15) is 23.2 Å². The van der Waals surface area contributed by atoms with Crippen LogP contribution in [0.25, 0.3) is 0 Å². The molecule has 0 aliphatic heterocycles. The molecule has 0 unspecified atom stereocenters.